The minimum Gasteiger partial charge on any atom is -0.467 e. The van der Waals surface area contributed by atoms with Crippen LogP contribution >= 0.6 is 0 Å². The smallest absolute Gasteiger partial charge is 0.416 e. The normalized spacial score (nSPS) is 13.5. The Labute approximate surface area is 153 Å². The van der Waals surface area contributed by atoms with E-state index in [0.717, 1.165) is 29.8 Å². The van der Waals surface area contributed by atoms with Gasteiger partial charge in [-0.15, -0.1) is 0 Å². The molecule has 5 nitrogen and oxygen atoms in total. The van der Waals surface area contributed by atoms with Gasteiger partial charge in [0.25, 0.3) is 5.91 Å². The van der Waals surface area contributed by atoms with Gasteiger partial charge in [0.2, 0.25) is 0 Å². The lowest BCUT2D eigenvalue weighted by molar-refractivity contribution is -0.146. The first-order valence-corrected chi connectivity index (χ1v) is 7.99. The Hall–Kier alpha value is -2.87. The third kappa shape index (κ3) is 5.55. The average molecular weight is 381 g/mol. The van der Waals surface area contributed by atoms with Gasteiger partial charge >= 0.3 is 12.1 Å². The van der Waals surface area contributed by atoms with Crippen LogP contribution in [-0.4, -0.2) is 30.1 Å². The molecule has 2 aromatic carbocycles. The fraction of sp³-hybridized carbons (Fsp3) is 0.263. The van der Waals surface area contributed by atoms with Gasteiger partial charge < -0.3 is 15.2 Å². The van der Waals surface area contributed by atoms with Gasteiger partial charge in [-0.3, -0.25) is 4.79 Å². The molecule has 2 aromatic rings. The SMILES string of the molecule is COC(=O)[C@H](Cc1ccccc1)NC(=O)[C@@H](O)c1ccc(C(F)(F)F)cc1. The maximum atomic E-state index is 12.6. The van der Waals surface area contributed by atoms with Gasteiger partial charge in [0, 0.05) is 6.42 Å². The van der Waals surface area contributed by atoms with Crippen LogP contribution in [0.1, 0.15) is 22.8 Å². The number of aliphatic hydroxyl groups excluding tert-OH is 1. The summed E-state index contributed by atoms with van der Waals surface area (Å²) in [5.74, 6) is -1.62. The van der Waals surface area contributed by atoms with Crippen LogP contribution in [0.2, 0.25) is 0 Å². The van der Waals surface area contributed by atoms with E-state index in [0.29, 0.717) is 0 Å². The second kappa shape index (κ2) is 8.68. The summed E-state index contributed by atoms with van der Waals surface area (Å²) in [6.07, 6.45) is -6.11. The molecule has 0 saturated heterocycles. The molecular weight excluding hydrogens is 363 g/mol. The average Bonchev–Trinajstić information content (AvgIpc) is 2.66. The molecule has 0 aliphatic rings. The van der Waals surface area contributed by atoms with Crippen molar-refractivity contribution in [3.8, 4) is 0 Å². The van der Waals surface area contributed by atoms with Crippen LogP contribution in [0.4, 0.5) is 13.2 Å². The van der Waals surface area contributed by atoms with E-state index < -0.39 is 35.8 Å². The molecule has 0 spiro atoms. The lowest BCUT2D eigenvalue weighted by Crippen LogP contribution is -2.45. The number of ether oxygens (including phenoxy) is 1. The summed E-state index contributed by atoms with van der Waals surface area (Å²) < 4.78 is 42.4. The number of alkyl halides is 3. The molecule has 0 heterocycles. The summed E-state index contributed by atoms with van der Waals surface area (Å²) >= 11 is 0. The number of nitrogens with one attached hydrogen (secondary N) is 1. The molecule has 0 radical (unpaired) electrons. The van der Waals surface area contributed by atoms with E-state index in [-0.39, 0.29) is 12.0 Å². The zero-order chi connectivity index (χ0) is 20.0. The number of carbonyl (C=O) groups excluding carboxylic acids is 2. The first-order valence-electron chi connectivity index (χ1n) is 7.99. The number of rotatable bonds is 6. The van der Waals surface area contributed by atoms with E-state index in [1.807, 2.05) is 0 Å². The number of esters is 1. The first kappa shape index (κ1) is 20.4. The molecule has 0 aliphatic heterocycles. The van der Waals surface area contributed by atoms with Gasteiger partial charge in [0.1, 0.15) is 6.04 Å². The molecule has 144 valence electrons. The van der Waals surface area contributed by atoms with Gasteiger partial charge in [-0.25, -0.2) is 4.79 Å². The van der Waals surface area contributed by atoms with Crippen molar-refractivity contribution in [2.24, 2.45) is 0 Å². The van der Waals surface area contributed by atoms with Crippen molar-refractivity contribution in [3.63, 3.8) is 0 Å². The van der Waals surface area contributed by atoms with Crippen LogP contribution in [-0.2, 0) is 26.9 Å². The molecule has 8 heteroatoms. The van der Waals surface area contributed by atoms with Crippen molar-refractivity contribution in [2.45, 2.75) is 24.7 Å². The molecule has 0 bridgehead atoms. The Morgan fingerprint density at radius 2 is 1.67 bits per heavy atom. The van der Waals surface area contributed by atoms with Crippen molar-refractivity contribution in [3.05, 3.63) is 71.3 Å². The molecule has 2 atom stereocenters. The summed E-state index contributed by atoms with van der Waals surface area (Å²) in [5.41, 5.74) is -0.156. The predicted molar refractivity (Wildman–Crippen MR) is 90.5 cm³/mol. The van der Waals surface area contributed by atoms with Crippen LogP contribution in [0.15, 0.2) is 54.6 Å². The van der Waals surface area contributed by atoms with Crippen molar-refractivity contribution >= 4 is 11.9 Å². The third-order valence-electron chi connectivity index (χ3n) is 3.89. The minimum absolute atomic E-state index is 0.0242. The number of amides is 1. The number of hydrogen-bond donors (Lipinski definition) is 2. The topological polar surface area (TPSA) is 75.6 Å². The van der Waals surface area contributed by atoms with E-state index >= 15 is 0 Å². The predicted octanol–water partition coefficient (Wildman–Crippen LogP) is 2.64. The second-order valence-electron chi connectivity index (χ2n) is 5.80. The lowest BCUT2D eigenvalue weighted by Gasteiger charge is -2.19. The maximum absolute atomic E-state index is 12.6. The number of hydrogen-bond acceptors (Lipinski definition) is 4. The molecular formula is C19H18F3NO4. The summed E-state index contributed by atoms with van der Waals surface area (Å²) in [4.78, 5) is 24.2. The standard InChI is InChI=1S/C19H18F3NO4/c1-27-18(26)15(11-12-5-3-2-4-6-12)23-17(25)16(24)13-7-9-14(10-8-13)19(20,21)22/h2-10,15-16,24H,11H2,1H3,(H,23,25)/t15-,16-/m0/s1. The van der Waals surface area contributed by atoms with E-state index in [4.69, 9.17) is 0 Å². The number of aliphatic hydroxyl groups is 1. The quantitative estimate of drug-likeness (QED) is 0.755. The highest BCUT2D eigenvalue weighted by Crippen LogP contribution is 2.30. The van der Waals surface area contributed by atoms with Crippen molar-refractivity contribution in [1.29, 1.82) is 0 Å². The summed E-state index contributed by atoms with van der Waals surface area (Å²) in [6, 6.07) is 11.4. The van der Waals surface area contributed by atoms with E-state index in [1.165, 1.54) is 7.11 Å². The molecule has 0 unspecified atom stereocenters. The van der Waals surface area contributed by atoms with Gasteiger partial charge in [0.15, 0.2) is 6.10 Å². The number of carbonyl (C=O) groups is 2. The van der Waals surface area contributed by atoms with Crippen LogP contribution in [0, 0.1) is 0 Å². The fourth-order valence-electron chi connectivity index (χ4n) is 2.44. The fourth-order valence-corrected chi connectivity index (χ4v) is 2.44. The molecule has 0 aromatic heterocycles. The van der Waals surface area contributed by atoms with Crippen molar-refractivity contribution in [1.82, 2.24) is 5.32 Å². The van der Waals surface area contributed by atoms with Gasteiger partial charge in [0.05, 0.1) is 12.7 Å². The van der Waals surface area contributed by atoms with Gasteiger partial charge in [-0.1, -0.05) is 42.5 Å². The van der Waals surface area contributed by atoms with E-state index in [1.54, 1.807) is 30.3 Å². The Balaban J connectivity index is 2.10. The molecule has 2 N–H and O–H groups in total. The van der Waals surface area contributed by atoms with E-state index in [2.05, 4.69) is 10.1 Å². The maximum Gasteiger partial charge on any atom is 0.416 e. The highest BCUT2D eigenvalue weighted by atomic mass is 19.4. The van der Waals surface area contributed by atoms with Crippen molar-refractivity contribution < 1.29 is 32.6 Å². The highest BCUT2D eigenvalue weighted by molar-refractivity contribution is 5.87. The molecule has 1 amide bonds. The van der Waals surface area contributed by atoms with Gasteiger partial charge in [-0.2, -0.15) is 13.2 Å². The molecule has 27 heavy (non-hydrogen) atoms. The van der Waals surface area contributed by atoms with Crippen LogP contribution < -0.4 is 5.32 Å². The number of benzene rings is 2. The van der Waals surface area contributed by atoms with Gasteiger partial charge in [-0.05, 0) is 23.3 Å². The highest BCUT2D eigenvalue weighted by Gasteiger charge is 2.31. The number of halogens is 3. The lowest BCUT2D eigenvalue weighted by atomic mass is 10.0. The molecule has 0 saturated carbocycles. The number of methoxy groups -OCH3 is 1. The largest absolute Gasteiger partial charge is 0.467 e. The monoisotopic (exact) mass is 381 g/mol. The van der Waals surface area contributed by atoms with Crippen LogP contribution in [0.5, 0.6) is 0 Å². The first-order chi connectivity index (χ1) is 12.7. The zero-order valence-corrected chi connectivity index (χ0v) is 14.4. The molecule has 0 fully saturated rings. The summed E-state index contributed by atoms with van der Waals surface area (Å²) in [7, 11) is 1.17. The van der Waals surface area contributed by atoms with Crippen molar-refractivity contribution in [2.75, 3.05) is 7.11 Å². The summed E-state index contributed by atoms with van der Waals surface area (Å²) in [5, 5.41) is 12.5. The Morgan fingerprint density at radius 3 is 2.19 bits per heavy atom. The second-order valence-corrected chi connectivity index (χ2v) is 5.80. The summed E-state index contributed by atoms with van der Waals surface area (Å²) in [6.45, 7) is 0. The minimum atomic E-state index is -4.52. The Morgan fingerprint density at radius 1 is 1.07 bits per heavy atom. The Bertz CT molecular complexity index is 776. The molecule has 0 aliphatic carbocycles. The van der Waals surface area contributed by atoms with Crippen LogP contribution in [0.3, 0.4) is 0 Å². The third-order valence-corrected chi connectivity index (χ3v) is 3.89. The Kier molecular flexibility index (Phi) is 6.57. The zero-order valence-electron chi connectivity index (χ0n) is 14.4. The van der Waals surface area contributed by atoms with E-state index in [9.17, 15) is 27.9 Å². The molecule has 2 rings (SSSR count). The van der Waals surface area contributed by atoms with Crippen LogP contribution in [0.25, 0.3) is 0 Å².